The van der Waals surface area contributed by atoms with Crippen LogP contribution in [0.1, 0.15) is 33.1 Å². The normalized spacial score (nSPS) is 14.6. The number of Topliss-reactive ketones (excluding diaryl/α,β-unsaturated/α-hetero) is 1. The minimum absolute atomic E-state index is 0.392. The van der Waals surface area contributed by atoms with Gasteiger partial charge in [0, 0.05) is 0 Å². The SMILES string of the molecule is CCCC[C@H](C(=O)OC)[C@@H](O)C(C)=O. The number of rotatable bonds is 6. The largest absolute Gasteiger partial charge is 0.469 e. The molecule has 0 aliphatic heterocycles. The number of ketones is 1. The Balaban J connectivity index is 4.37. The standard InChI is InChI=1S/C10H18O4/c1-4-5-6-8(10(13)14-3)9(12)7(2)11/h8-9,12H,4-6H2,1-3H3/t8-,9-/m0/s1. The molecule has 0 rings (SSSR count). The van der Waals surface area contributed by atoms with Crippen LogP contribution in [0.4, 0.5) is 0 Å². The van der Waals surface area contributed by atoms with E-state index < -0.39 is 23.8 Å². The maximum Gasteiger partial charge on any atom is 0.311 e. The number of aliphatic hydroxyl groups excluding tert-OH is 1. The van der Waals surface area contributed by atoms with E-state index in [1.165, 1.54) is 14.0 Å². The van der Waals surface area contributed by atoms with E-state index in [1.807, 2.05) is 6.92 Å². The van der Waals surface area contributed by atoms with E-state index in [2.05, 4.69) is 4.74 Å². The number of ether oxygens (including phenoxy) is 1. The number of hydrogen-bond donors (Lipinski definition) is 1. The second kappa shape index (κ2) is 6.54. The average Bonchev–Trinajstić information content (AvgIpc) is 2.17. The summed E-state index contributed by atoms with van der Waals surface area (Å²) in [6, 6.07) is 0. The second-order valence-corrected chi connectivity index (χ2v) is 3.33. The molecule has 4 heteroatoms. The van der Waals surface area contributed by atoms with Crippen LogP contribution in [0.25, 0.3) is 0 Å². The minimum Gasteiger partial charge on any atom is -0.469 e. The predicted octanol–water partition coefficient (Wildman–Crippen LogP) is 0.916. The lowest BCUT2D eigenvalue weighted by Gasteiger charge is -2.17. The molecule has 0 bridgehead atoms. The van der Waals surface area contributed by atoms with Crippen LogP contribution in [0.2, 0.25) is 0 Å². The summed E-state index contributed by atoms with van der Waals surface area (Å²) in [5.74, 6) is -1.62. The Kier molecular flexibility index (Phi) is 6.12. The van der Waals surface area contributed by atoms with Gasteiger partial charge in [-0.1, -0.05) is 19.8 Å². The molecule has 0 aromatic rings. The molecule has 0 radical (unpaired) electrons. The Hall–Kier alpha value is -0.900. The van der Waals surface area contributed by atoms with Crippen molar-refractivity contribution in [2.45, 2.75) is 39.2 Å². The first-order chi connectivity index (χ1) is 6.54. The highest BCUT2D eigenvalue weighted by atomic mass is 16.5. The zero-order valence-electron chi connectivity index (χ0n) is 8.95. The molecular weight excluding hydrogens is 184 g/mol. The van der Waals surface area contributed by atoms with Crippen LogP contribution in [-0.4, -0.2) is 30.1 Å². The molecular formula is C10H18O4. The summed E-state index contributed by atoms with van der Waals surface area (Å²) in [5.41, 5.74) is 0. The summed E-state index contributed by atoms with van der Waals surface area (Å²) in [5, 5.41) is 9.46. The Morgan fingerprint density at radius 3 is 2.36 bits per heavy atom. The number of methoxy groups -OCH3 is 1. The van der Waals surface area contributed by atoms with Crippen LogP contribution in [0.3, 0.4) is 0 Å². The lowest BCUT2D eigenvalue weighted by Crippen LogP contribution is -2.34. The van der Waals surface area contributed by atoms with Crippen molar-refractivity contribution >= 4 is 11.8 Å². The van der Waals surface area contributed by atoms with E-state index in [-0.39, 0.29) is 0 Å². The van der Waals surface area contributed by atoms with Crippen molar-refractivity contribution in [1.82, 2.24) is 0 Å². The molecule has 0 aromatic heterocycles. The summed E-state index contributed by atoms with van der Waals surface area (Å²) in [7, 11) is 1.26. The number of esters is 1. The molecule has 0 unspecified atom stereocenters. The molecule has 0 spiro atoms. The number of aliphatic hydroxyl groups is 1. The molecule has 0 saturated heterocycles. The maximum atomic E-state index is 11.2. The van der Waals surface area contributed by atoms with Crippen molar-refractivity contribution < 1.29 is 19.4 Å². The fraction of sp³-hybridized carbons (Fsp3) is 0.800. The van der Waals surface area contributed by atoms with Gasteiger partial charge in [-0.05, 0) is 13.3 Å². The molecule has 2 atom stereocenters. The molecule has 0 aliphatic carbocycles. The van der Waals surface area contributed by atoms with Gasteiger partial charge >= 0.3 is 5.97 Å². The fourth-order valence-corrected chi connectivity index (χ4v) is 1.26. The Labute approximate surface area is 84.3 Å². The topological polar surface area (TPSA) is 63.6 Å². The van der Waals surface area contributed by atoms with Crippen molar-refractivity contribution in [3.05, 3.63) is 0 Å². The predicted molar refractivity (Wildman–Crippen MR) is 51.7 cm³/mol. The van der Waals surface area contributed by atoms with E-state index in [9.17, 15) is 14.7 Å². The zero-order valence-corrected chi connectivity index (χ0v) is 8.95. The fourth-order valence-electron chi connectivity index (χ4n) is 1.26. The van der Waals surface area contributed by atoms with Crippen LogP contribution >= 0.6 is 0 Å². The van der Waals surface area contributed by atoms with Crippen molar-refractivity contribution in [1.29, 1.82) is 0 Å². The number of carbonyl (C=O) groups is 2. The number of carbonyl (C=O) groups excluding carboxylic acids is 2. The zero-order chi connectivity index (χ0) is 11.1. The van der Waals surface area contributed by atoms with Gasteiger partial charge in [0.1, 0.15) is 6.10 Å². The van der Waals surface area contributed by atoms with Crippen LogP contribution in [0.5, 0.6) is 0 Å². The summed E-state index contributed by atoms with van der Waals surface area (Å²) >= 11 is 0. The Morgan fingerprint density at radius 2 is 2.00 bits per heavy atom. The molecule has 82 valence electrons. The van der Waals surface area contributed by atoms with Crippen LogP contribution in [-0.2, 0) is 14.3 Å². The summed E-state index contributed by atoms with van der Waals surface area (Å²) < 4.78 is 4.53. The van der Waals surface area contributed by atoms with Crippen molar-refractivity contribution in [2.24, 2.45) is 5.92 Å². The molecule has 0 amide bonds. The third kappa shape index (κ3) is 3.87. The van der Waals surface area contributed by atoms with E-state index in [1.54, 1.807) is 0 Å². The van der Waals surface area contributed by atoms with Crippen molar-refractivity contribution in [2.75, 3.05) is 7.11 Å². The summed E-state index contributed by atoms with van der Waals surface area (Å²) in [6.45, 7) is 3.25. The van der Waals surface area contributed by atoms with E-state index >= 15 is 0 Å². The van der Waals surface area contributed by atoms with Gasteiger partial charge in [-0.3, -0.25) is 9.59 Å². The second-order valence-electron chi connectivity index (χ2n) is 3.33. The van der Waals surface area contributed by atoms with Crippen molar-refractivity contribution in [3.8, 4) is 0 Å². The first kappa shape index (κ1) is 13.1. The van der Waals surface area contributed by atoms with Gasteiger partial charge in [0.2, 0.25) is 0 Å². The van der Waals surface area contributed by atoms with Gasteiger partial charge in [0.15, 0.2) is 5.78 Å². The van der Waals surface area contributed by atoms with Gasteiger partial charge in [0.25, 0.3) is 0 Å². The van der Waals surface area contributed by atoms with Gasteiger partial charge in [-0.25, -0.2) is 0 Å². The molecule has 14 heavy (non-hydrogen) atoms. The molecule has 1 N–H and O–H groups in total. The van der Waals surface area contributed by atoms with E-state index in [0.29, 0.717) is 6.42 Å². The monoisotopic (exact) mass is 202 g/mol. The van der Waals surface area contributed by atoms with Gasteiger partial charge in [-0.2, -0.15) is 0 Å². The molecule has 4 nitrogen and oxygen atoms in total. The molecule has 0 saturated carbocycles. The molecule has 0 fully saturated rings. The van der Waals surface area contributed by atoms with Gasteiger partial charge < -0.3 is 9.84 Å². The first-order valence-corrected chi connectivity index (χ1v) is 4.80. The van der Waals surface area contributed by atoms with Crippen LogP contribution in [0.15, 0.2) is 0 Å². The first-order valence-electron chi connectivity index (χ1n) is 4.80. The third-order valence-corrected chi connectivity index (χ3v) is 2.17. The Morgan fingerprint density at radius 1 is 1.43 bits per heavy atom. The quantitative estimate of drug-likeness (QED) is 0.650. The lowest BCUT2D eigenvalue weighted by molar-refractivity contribution is -0.153. The lowest BCUT2D eigenvalue weighted by atomic mass is 9.94. The van der Waals surface area contributed by atoms with Gasteiger partial charge in [-0.15, -0.1) is 0 Å². The average molecular weight is 202 g/mol. The van der Waals surface area contributed by atoms with Crippen LogP contribution < -0.4 is 0 Å². The molecule has 0 heterocycles. The summed E-state index contributed by atoms with van der Waals surface area (Å²) in [6.07, 6.45) is 0.973. The van der Waals surface area contributed by atoms with E-state index in [4.69, 9.17) is 0 Å². The maximum absolute atomic E-state index is 11.2. The number of hydrogen-bond acceptors (Lipinski definition) is 4. The highest BCUT2D eigenvalue weighted by molar-refractivity contribution is 5.86. The highest BCUT2D eigenvalue weighted by Crippen LogP contribution is 2.15. The minimum atomic E-state index is -1.23. The molecule has 0 aromatic carbocycles. The number of unbranched alkanes of at least 4 members (excludes halogenated alkanes) is 1. The van der Waals surface area contributed by atoms with Gasteiger partial charge in [0.05, 0.1) is 13.0 Å². The van der Waals surface area contributed by atoms with Crippen molar-refractivity contribution in [3.63, 3.8) is 0 Å². The summed E-state index contributed by atoms with van der Waals surface area (Å²) in [4.78, 5) is 22.1. The van der Waals surface area contributed by atoms with E-state index in [0.717, 1.165) is 12.8 Å². The third-order valence-electron chi connectivity index (χ3n) is 2.17. The highest BCUT2D eigenvalue weighted by Gasteiger charge is 2.29. The molecule has 0 aliphatic rings. The smallest absolute Gasteiger partial charge is 0.311 e. The van der Waals surface area contributed by atoms with Crippen LogP contribution in [0, 0.1) is 5.92 Å². The Bertz CT molecular complexity index is 200.